The number of nitrogens with two attached hydrogens (primary N) is 1. The highest BCUT2D eigenvalue weighted by Gasteiger charge is 2.22. The molecule has 5 nitrogen and oxygen atoms in total. The van der Waals surface area contributed by atoms with Crippen molar-refractivity contribution in [2.45, 2.75) is 26.2 Å². The third-order valence-corrected chi connectivity index (χ3v) is 2.60. The maximum atomic E-state index is 6.07. The molecule has 2 rings (SSSR count). The second-order valence-corrected chi connectivity index (χ2v) is 3.85. The van der Waals surface area contributed by atoms with Gasteiger partial charge < -0.3 is 5.73 Å². The van der Waals surface area contributed by atoms with E-state index >= 15 is 0 Å². The molecular weight excluding hydrogens is 192 g/mol. The molecule has 0 unspecified atom stereocenters. The van der Waals surface area contributed by atoms with Crippen molar-refractivity contribution in [2.75, 3.05) is 23.9 Å². The van der Waals surface area contributed by atoms with Crippen LogP contribution in [0, 0.1) is 0 Å². The average Bonchev–Trinajstić information content (AvgIpc) is 2.77. The van der Waals surface area contributed by atoms with Crippen LogP contribution < -0.4 is 10.8 Å². The van der Waals surface area contributed by atoms with E-state index in [1.165, 1.54) is 0 Å². The standard InChI is InChI=1S/C10H18N4O/c1-3-5-8-9(11)10(13(2)12-8)14-6-4-7-15-14/h3-7,11H2,1-2H3. The molecule has 0 radical (unpaired) electrons. The zero-order valence-electron chi connectivity index (χ0n) is 9.36. The lowest BCUT2D eigenvalue weighted by Crippen LogP contribution is -2.20. The molecule has 1 aromatic heterocycles. The molecule has 0 spiro atoms. The number of hydrogen-bond donors (Lipinski definition) is 1. The van der Waals surface area contributed by atoms with Crippen molar-refractivity contribution in [1.29, 1.82) is 0 Å². The first kappa shape index (κ1) is 10.3. The fourth-order valence-corrected chi connectivity index (χ4v) is 1.92. The Morgan fingerprint density at radius 2 is 2.33 bits per heavy atom. The Hall–Kier alpha value is -1.23. The molecule has 0 saturated carbocycles. The molecule has 15 heavy (non-hydrogen) atoms. The molecule has 2 heterocycles. The fourth-order valence-electron chi connectivity index (χ4n) is 1.92. The van der Waals surface area contributed by atoms with Gasteiger partial charge in [0.25, 0.3) is 0 Å². The summed E-state index contributed by atoms with van der Waals surface area (Å²) in [6, 6.07) is 0. The summed E-state index contributed by atoms with van der Waals surface area (Å²) in [7, 11) is 1.91. The summed E-state index contributed by atoms with van der Waals surface area (Å²) in [5.74, 6) is 0.899. The van der Waals surface area contributed by atoms with Gasteiger partial charge in [-0.2, -0.15) is 5.10 Å². The minimum atomic E-state index is 0.765. The van der Waals surface area contributed by atoms with E-state index in [2.05, 4.69) is 12.0 Å². The molecular formula is C10H18N4O. The van der Waals surface area contributed by atoms with Crippen molar-refractivity contribution < 1.29 is 4.84 Å². The van der Waals surface area contributed by atoms with Crippen LogP contribution in [0.5, 0.6) is 0 Å². The van der Waals surface area contributed by atoms with Crippen molar-refractivity contribution in [1.82, 2.24) is 9.78 Å². The van der Waals surface area contributed by atoms with Crippen molar-refractivity contribution >= 4 is 11.5 Å². The summed E-state index contributed by atoms with van der Waals surface area (Å²) in [6.07, 6.45) is 3.03. The number of anilines is 2. The average molecular weight is 210 g/mol. The zero-order chi connectivity index (χ0) is 10.8. The van der Waals surface area contributed by atoms with Gasteiger partial charge in [-0.05, 0) is 12.8 Å². The number of hydroxylamine groups is 1. The minimum absolute atomic E-state index is 0.765. The van der Waals surface area contributed by atoms with Gasteiger partial charge in [-0.25, -0.2) is 9.75 Å². The van der Waals surface area contributed by atoms with E-state index in [0.29, 0.717) is 0 Å². The van der Waals surface area contributed by atoms with E-state index in [0.717, 1.165) is 49.6 Å². The molecule has 1 aliphatic heterocycles. The quantitative estimate of drug-likeness (QED) is 0.811. The SMILES string of the molecule is CCCc1nn(C)c(N2CCCO2)c1N. The Labute approximate surface area is 89.8 Å². The predicted molar refractivity (Wildman–Crippen MR) is 59.5 cm³/mol. The van der Waals surface area contributed by atoms with Crippen LogP contribution in [0.25, 0.3) is 0 Å². The van der Waals surface area contributed by atoms with Gasteiger partial charge in [-0.1, -0.05) is 13.3 Å². The summed E-state index contributed by atoms with van der Waals surface area (Å²) in [5, 5.41) is 6.26. The van der Waals surface area contributed by atoms with Gasteiger partial charge in [0.2, 0.25) is 0 Å². The van der Waals surface area contributed by atoms with Crippen molar-refractivity contribution in [2.24, 2.45) is 7.05 Å². The summed E-state index contributed by atoms with van der Waals surface area (Å²) in [6.45, 7) is 3.79. The second kappa shape index (κ2) is 4.10. The summed E-state index contributed by atoms with van der Waals surface area (Å²) in [4.78, 5) is 5.48. The molecule has 0 atom stereocenters. The maximum absolute atomic E-state index is 6.07. The van der Waals surface area contributed by atoms with E-state index in [9.17, 15) is 0 Å². The van der Waals surface area contributed by atoms with Crippen molar-refractivity contribution in [3.05, 3.63) is 5.69 Å². The number of aromatic nitrogens is 2. The molecule has 0 amide bonds. The molecule has 0 aliphatic carbocycles. The summed E-state index contributed by atoms with van der Waals surface area (Å²) >= 11 is 0. The highest BCUT2D eigenvalue weighted by atomic mass is 16.7. The molecule has 2 N–H and O–H groups in total. The lowest BCUT2D eigenvalue weighted by Gasteiger charge is -2.16. The highest BCUT2D eigenvalue weighted by Crippen LogP contribution is 2.28. The number of rotatable bonds is 3. The number of nitrogen functional groups attached to an aromatic ring is 1. The van der Waals surface area contributed by atoms with Crippen LogP contribution in [0.1, 0.15) is 25.5 Å². The molecule has 1 saturated heterocycles. The molecule has 1 aromatic rings. The summed E-state index contributed by atoms with van der Waals surface area (Å²) < 4.78 is 1.81. The van der Waals surface area contributed by atoms with Gasteiger partial charge >= 0.3 is 0 Å². The van der Waals surface area contributed by atoms with Crippen LogP contribution in [0.15, 0.2) is 0 Å². The highest BCUT2D eigenvalue weighted by molar-refractivity contribution is 5.65. The first-order valence-corrected chi connectivity index (χ1v) is 5.45. The smallest absolute Gasteiger partial charge is 0.174 e. The lowest BCUT2D eigenvalue weighted by atomic mass is 10.2. The third kappa shape index (κ3) is 1.79. The van der Waals surface area contributed by atoms with E-state index in [1.54, 1.807) is 0 Å². The van der Waals surface area contributed by atoms with Crippen LogP contribution in [-0.2, 0) is 18.3 Å². The van der Waals surface area contributed by atoms with Crippen LogP contribution >= 0.6 is 0 Å². The number of nitrogens with zero attached hydrogens (tertiary/aromatic N) is 3. The number of aryl methyl sites for hydroxylation is 2. The Kier molecular flexibility index (Phi) is 2.81. The van der Waals surface area contributed by atoms with Gasteiger partial charge in [0.05, 0.1) is 12.3 Å². The third-order valence-electron chi connectivity index (χ3n) is 2.60. The fraction of sp³-hybridized carbons (Fsp3) is 0.700. The molecule has 0 bridgehead atoms. The minimum Gasteiger partial charge on any atom is -0.394 e. The normalized spacial score (nSPS) is 16.3. The van der Waals surface area contributed by atoms with Gasteiger partial charge in [0.1, 0.15) is 5.69 Å². The predicted octanol–water partition coefficient (Wildman–Crippen LogP) is 1.10. The number of hydrogen-bond acceptors (Lipinski definition) is 4. The Morgan fingerprint density at radius 3 is 2.93 bits per heavy atom. The van der Waals surface area contributed by atoms with Crippen LogP contribution in [-0.4, -0.2) is 22.9 Å². The Bertz CT molecular complexity index is 341. The van der Waals surface area contributed by atoms with E-state index in [4.69, 9.17) is 10.6 Å². The molecule has 0 aromatic carbocycles. The van der Waals surface area contributed by atoms with Gasteiger partial charge in [-0.3, -0.25) is 4.84 Å². The summed E-state index contributed by atoms with van der Waals surface area (Å²) in [5.41, 5.74) is 7.81. The molecule has 1 fully saturated rings. The molecule has 1 aliphatic rings. The van der Waals surface area contributed by atoms with E-state index < -0.39 is 0 Å². The monoisotopic (exact) mass is 210 g/mol. The Balaban J connectivity index is 2.29. The van der Waals surface area contributed by atoms with Crippen LogP contribution in [0.4, 0.5) is 11.5 Å². The van der Waals surface area contributed by atoms with Crippen molar-refractivity contribution in [3.63, 3.8) is 0 Å². The second-order valence-electron chi connectivity index (χ2n) is 3.85. The van der Waals surface area contributed by atoms with Crippen molar-refractivity contribution in [3.8, 4) is 0 Å². The van der Waals surface area contributed by atoms with E-state index in [-0.39, 0.29) is 0 Å². The Morgan fingerprint density at radius 1 is 1.53 bits per heavy atom. The zero-order valence-corrected chi connectivity index (χ0v) is 9.36. The van der Waals surface area contributed by atoms with Gasteiger partial charge in [0.15, 0.2) is 5.82 Å². The maximum Gasteiger partial charge on any atom is 0.174 e. The van der Waals surface area contributed by atoms with Crippen LogP contribution in [0.3, 0.4) is 0 Å². The van der Waals surface area contributed by atoms with E-state index in [1.807, 2.05) is 16.8 Å². The molecule has 84 valence electrons. The van der Waals surface area contributed by atoms with Gasteiger partial charge in [0, 0.05) is 13.6 Å². The van der Waals surface area contributed by atoms with Gasteiger partial charge in [-0.15, -0.1) is 0 Å². The topological polar surface area (TPSA) is 56.3 Å². The largest absolute Gasteiger partial charge is 0.394 e. The first-order chi connectivity index (χ1) is 7.24. The lowest BCUT2D eigenvalue weighted by molar-refractivity contribution is 0.164. The molecule has 5 heteroatoms. The first-order valence-electron chi connectivity index (χ1n) is 5.45. The van der Waals surface area contributed by atoms with Crippen LogP contribution in [0.2, 0.25) is 0 Å².